The lowest BCUT2D eigenvalue weighted by Crippen LogP contribution is -2.10. The fraction of sp³-hybridized carbons (Fsp3) is 0.500. The van der Waals surface area contributed by atoms with Crippen molar-refractivity contribution in [2.75, 3.05) is 0 Å². The molecule has 17 heavy (non-hydrogen) atoms. The molecule has 3 heteroatoms. The number of aromatic nitrogens is 1. The Bertz CT molecular complexity index is 575. The van der Waals surface area contributed by atoms with E-state index < -0.39 is 5.60 Å². The van der Waals surface area contributed by atoms with Crippen LogP contribution in [0, 0.1) is 0 Å². The van der Waals surface area contributed by atoms with E-state index in [1.807, 2.05) is 12.1 Å². The fourth-order valence-electron chi connectivity index (χ4n) is 2.03. The highest BCUT2D eigenvalue weighted by Gasteiger charge is 2.43. The van der Waals surface area contributed by atoms with E-state index in [-0.39, 0.29) is 5.41 Å². The standard InChI is InChI=1S/C14H17NOS/c1-13(2,3)12-15-11-9(14(16)7-8-14)5-4-6-10(11)17-12/h4-6,16H,7-8H2,1-3H3. The Hall–Kier alpha value is -0.930. The van der Waals surface area contributed by atoms with Gasteiger partial charge in [0.25, 0.3) is 0 Å². The number of para-hydroxylation sites is 1. The lowest BCUT2D eigenvalue weighted by atomic mass is 9.98. The van der Waals surface area contributed by atoms with Crippen LogP contribution in [0.15, 0.2) is 18.2 Å². The Balaban J connectivity index is 2.22. The third-order valence-electron chi connectivity index (χ3n) is 3.29. The molecule has 1 aromatic carbocycles. The van der Waals surface area contributed by atoms with Gasteiger partial charge in [-0.1, -0.05) is 32.9 Å². The number of rotatable bonds is 1. The Morgan fingerprint density at radius 1 is 1.29 bits per heavy atom. The van der Waals surface area contributed by atoms with E-state index in [1.54, 1.807) is 11.3 Å². The summed E-state index contributed by atoms with van der Waals surface area (Å²) in [4.78, 5) is 4.75. The van der Waals surface area contributed by atoms with E-state index in [0.29, 0.717) is 0 Å². The van der Waals surface area contributed by atoms with Crippen molar-refractivity contribution in [3.8, 4) is 0 Å². The summed E-state index contributed by atoms with van der Waals surface area (Å²) in [5.74, 6) is 0. The van der Waals surface area contributed by atoms with Gasteiger partial charge < -0.3 is 5.11 Å². The van der Waals surface area contributed by atoms with Crippen LogP contribution in [0.1, 0.15) is 44.2 Å². The predicted molar refractivity (Wildman–Crippen MR) is 71.5 cm³/mol. The molecular formula is C14H17NOS. The molecule has 2 nitrogen and oxygen atoms in total. The first-order valence-electron chi connectivity index (χ1n) is 6.03. The van der Waals surface area contributed by atoms with Crippen LogP contribution >= 0.6 is 11.3 Å². The van der Waals surface area contributed by atoms with E-state index in [4.69, 9.17) is 4.98 Å². The molecule has 0 amide bonds. The summed E-state index contributed by atoms with van der Waals surface area (Å²) in [5, 5.41) is 11.4. The van der Waals surface area contributed by atoms with Crippen molar-refractivity contribution in [1.29, 1.82) is 0 Å². The Kier molecular flexibility index (Phi) is 2.17. The number of hydrogen-bond acceptors (Lipinski definition) is 3. The highest BCUT2D eigenvalue weighted by atomic mass is 32.1. The topological polar surface area (TPSA) is 33.1 Å². The predicted octanol–water partition coefficient (Wildman–Crippen LogP) is 3.58. The van der Waals surface area contributed by atoms with Crippen LogP contribution in [0.25, 0.3) is 10.2 Å². The molecule has 0 bridgehead atoms. The van der Waals surface area contributed by atoms with Crippen molar-refractivity contribution >= 4 is 21.6 Å². The van der Waals surface area contributed by atoms with Gasteiger partial charge in [0.2, 0.25) is 0 Å². The number of hydrogen-bond donors (Lipinski definition) is 1. The van der Waals surface area contributed by atoms with E-state index in [1.165, 1.54) is 4.70 Å². The number of nitrogens with zero attached hydrogens (tertiary/aromatic N) is 1. The molecule has 0 saturated heterocycles. The average molecular weight is 247 g/mol. The van der Waals surface area contributed by atoms with Crippen molar-refractivity contribution in [3.63, 3.8) is 0 Å². The largest absolute Gasteiger partial charge is 0.385 e. The minimum Gasteiger partial charge on any atom is -0.385 e. The average Bonchev–Trinajstić information content (AvgIpc) is 2.83. The molecule has 0 spiro atoms. The number of benzene rings is 1. The van der Waals surface area contributed by atoms with Crippen molar-refractivity contribution in [2.24, 2.45) is 0 Å². The molecule has 1 aromatic heterocycles. The Morgan fingerprint density at radius 3 is 2.59 bits per heavy atom. The number of aliphatic hydroxyl groups is 1. The van der Waals surface area contributed by atoms with Gasteiger partial charge in [-0.25, -0.2) is 4.98 Å². The maximum Gasteiger partial charge on any atom is 0.0992 e. The summed E-state index contributed by atoms with van der Waals surface area (Å²) in [6.07, 6.45) is 1.74. The molecular weight excluding hydrogens is 230 g/mol. The summed E-state index contributed by atoms with van der Waals surface area (Å²) in [5.41, 5.74) is 1.50. The minimum atomic E-state index is -0.595. The van der Waals surface area contributed by atoms with Gasteiger partial charge in [-0.2, -0.15) is 0 Å². The molecule has 0 aliphatic heterocycles. The molecule has 0 radical (unpaired) electrons. The first-order valence-corrected chi connectivity index (χ1v) is 6.85. The zero-order valence-corrected chi connectivity index (χ0v) is 11.3. The van der Waals surface area contributed by atoms with Crippen molar-refractivity contribution in [3.05, 3.63) is 28.8 Å². The monoisotopic (exact) mass is 247 g/mol. The molecule has 1 aliphatic rings. The maximum absolute atomic E-state index is 10.3. The first kappa shape index (κ1) is 11.2. The molecule has 0 atom stereocenters. The van der Waals surface area contributed by atoms with Crippen LogP contribution in [-0.2, 0) is 11.0 Å². The van der Waals surface area contributed by atoms with Crippen LogP contribution in [0.4, 0.5) is 0 Å². The van der Waals surface area contributed by atoms with E-state index >= 15 is 0 Å². The molecule has 1 N–H and O–H groups in total. The molecule has 1 heterocycles. The molecule has 1 fully saturated rings. The SMILES string of the molecule is CC(C)(C)c1nc2c(C3(O)CC3)cccc2s1. The van der Waals surface area contributed by atoms with Crippen molar-refractivity contribution < 1.29 is 5.11 Å². The van der Waals surface area contributed by atoms with Crippen LogP contribution in [0.3, 0.4) is 0 Å². The van der Waals surface area contributed by atoms with Gasteiger partial charge in [0.15, 0.2) is 0 Å². The zero-order valence-electron chi connectivity index (χ0n) is 10.4. The van der Waals surface area contributed by atoms with Crippen LogP contribution in [0.5, 0.6) is 0 Å². The second-order valence-electron chi connectivity index (χ2n) is 5.95. The molecule has 1 saturated carbocycles. The third kappa shape index (κ3) is 1.78. The lowest BCUT2D eigenvalue weighted by molar-refractivity contribution is 0.153. The van der Waals surface area contributed by atoms with Gasteiger partial charge >= 0.3 is 0 Å². The second kappa shape index (κ2) is 3.30. The molecule has 1 aliphatic carbocycles. The Labute approximate surface area is 105 Å². The van der Waals surface area contributed by atoms with Crippen LogP contribution in [-0.4, -0.2) is 10.1 Å². The van der Waals surface area contributed by atoms with Crippen molar-refractivity contribution in [1.82, 2.24) is 4.98 Å². The molecule has 0 unspecified atom stereocenters. The number of fused-ring (bicyclic) bond motifs is 1. The normalized spacial score (nSPS) is 18.6. The van der Waals surface area contributed by atoms with Crippen LogP contribution in [0.2, 0.25) is 0 Å². The first-order chi connectivity index (χ1) is 7.90. The fourth-order valence-corrected chi connectivity index (χ4v) is 3.08. The summed E-state index contributed by atoms with van der Waals surface area (Å²) >= 11 is 1.74. The maximum atomic E-state index is 10.3. The summed E-state index contributed by atoms with van der Waals surface area (Å²) < 4.78 is 1.19. The van der Waals surface area contributed by atoms with Gasteiger partial charge in [-0.3, -0.25) is 0 Å². The molecule has 90 valence electrons. The molecule has 2 aromatic rings. The van der Waals surface area contributed by atoms with Gasteiger partial charge in [0, 0.05) is 11.0 Å². The van der Waals surface area contributed by atoms with Gasteiger partial charge in [-0.15, -0.1) is 11.3 Å². The molecule has 3 rings (SSSR count). The number of thiazole rings is 1. The van der Waals surface area contributed by atoms with Crippen molar-refractivity contribution in [2.45, 2.75) is 44.6 Å². The van der Waals surface area contributed by atoms with E-state index in [9.17, 15) is 5.11 Å². The summed E-state index contributed by atoms with van der Waals surface area (Å²) in [7, 11) is 0. The summed E-state index contributed by atoms with van der Waals surface area (Å²) in [6.45, 7) is 6.53. The highest BCUT2D eigenvalue weighted by molar-refractivity contribution is 7.18. The second-order valence-corrected chi connectivity index (χ2v) is 6.98. The summed E-state index contributed by atoms with van der Waals surface area (Å²) in [6, 6.07) is 6.14. The van der Waals surface area contributed by atoms with E-state index in [0.717, 1.165) is 28.9 Å². The van der Waals surface area contributed by atoms with Gasteiger partial charge in [0.05, 0.1) is 20.8 Å². The lowest BCUT2D eigenvalue weighted by Gasteiger charge is -2.13. The Morgan fingerprint density at radius 2 is 2.00 bits per heavy atom. The third-order valence-corrected chi connectivity index (χ3v) is 4.73. The minimum absolute atomic E-state index is 0.0765. The highest BCUT2D eigenvalue weighted by Crippen LogP contribution is 2.48. The van der Waals surface area contributed by atoms with E-state index in [2.05, 4.69) is 26.8 Å². The van der Waals surface area contributed by atoms with Gasteiger partial charge in [0.1, 0.15) is 0 Å². The smallest absolute Gasteiger partial charge is 0.0992 e. The quantitative estimate of drug-likeness (QED) is 0.835. The van der Waals surface area contributed by atoms with Gasteiger partial charge in [-0.05, 0) is 18.9 Å². The zero-order chi connectivity index (χ0) is 12.3. The van der Waals surface area contributed by atoms with Crippen LogP contribution < -0.4 is 0 Å².